The molecule has 1 fully saturated rings. The zero-order chi connectivity index (χ0) is 11.4. The van der Waals surface area contributed by atoms with Gasteiger partial charge in [-0.05, 0) is 31.3 Å². The zero-order valence-electron chi connectivity index (χ0n) is 9.36. The highest BCUT2D eigenvalue weighted by Gasteiger charge is 2.17. The summed E-state index contributed by atoms with van der Waals surface area (Å²) in [4.78, 5) is 2.26. The lowest BCUT2D eigenvalue weighted by atomic mass is 10.3. The van der Waals surface area contributed by atoms with E-state index in [-0.39, 0.29) is 6.10 Å². The molecule has 1 heterocycles. The van der Waals surface area contributed by atoms with E-state index in [1.54, 1.807) is 0 Å². The fraction of sp³-hybridized carbons (Fsp3) is 0.500. The van der Waals surface area contributed by atoms with Crippen molar-refractivity contribution in [2.45, 2.75) is 6.10 Å². The molecule has 1 aliphatic heterocycles. The molecule has 0 amide bonds. The molecular formula is C12H16BrNO2. The number of ether oxygens (including phenoxy) is 2. The lowest BCUT2D eigenvalue weighted by Gasteiger charge is -2.29. The molecule has 0 aromatic heterocycles. The molecular weight excluding hydrogens is 270 g/mol. The van der Waals surface area contributed by atoms with Crippen molar-refractivity contribution in [1.29, 1.82) is 0 Å². The van der Waals surface area contributed by atoms with Gasteiger partial charge in [0.1, 0.15) is 18.5 Å². The minimum absolute atomic E-state index is 0.183. The molecule has 2 rings (SSSR count). The Morgan fingerprint density at radius 1 is 1.44 bits per heavy atom. The molecule has 88 valence electrons. The number of nitrogens with zero attached hydrogens (tertiary/aromatic N) is 1. The maximum absolute atomic E-state index is 5.68. The number of rotatable bonds is 3. The highest BCUT2D eigenvalue weighted by Crippen LogP contribution is 2.16. The number of halogens is 1. The smallest absolute Gasteiger partial charge is 0.119 e. The summed E-state index contributed by atoms with van der Waals surface area (Å²) in [6.45, 7) is 3.36. The first-order valence-corrected chi connectivity index (χ1v) is 6.22. The van der Waals surface area contributed by atoms with Crippen molar-refractivity contribution in [3.05, 3.63) is 28.7 Å². The molecule has 1 atom stereocenters. The number of hydrogen-bond donors (Lipinski definition) is 0. The number of morpholine rings is 1. The Labute approximate surface area is 104 Å². The third-order valence-electron chi connectivity index (χ3n) is 2.59. The standard InChI is InChI=1S/C12H16BrNO2/c1-14-6-7-15-12(8-14)9-16-11-4-2-10(13)3-5-11/h2-5,12H,6-9H2,1H3/t12-/m0/s1. The van der Waals surface area contributed by atoms with Crippen LogP contribution in [-0.4, -0.2) is 44.4 Å². The van der Waals surface area contributed by atoms with E-state index in [4.69, 9.17) is 9.47 Å². The molecule has 0 aliphatic carbocycles. The second kappa shape index (κ2) is 5.66. The molecule has 1 aliphatic rings. The van der Waals surface area contributed by atoms with E-state index >= 15 is 0 Å². The number of likely N-dealkylation sites (N-methyl/N-ethyl adjacent to an activating group) is 1. The fourth-order valence-electron chi connectivity index (χ4n) is 1.69. The highest BCUT2D eigenvalue weighted by molar-refractivity contribution is 9.10. The summed E-state index contributed by atoms with van der Waals surface area (Å²) in [5, 5.41) is 0. The van der Waals surface area contributed by atoms with Crippen molar-refractivity contribution in [3.8, 4) is 5.75 Å². The van der Waals surface area contributed by atoms with Crippen molar-refractivity contribution in [2.24, 2.45) is 0 Å². The summed E-state index contributed by atoms with van der Waals surface area (Å²) in [6.07, 6.45) is 0.183. The summed E-state index contributed by atoms with van der Waals surface area (Å²) in [5.74, 6) is 0.889. The Morgan fingerprint density at radius 3 is 2.88 bits per heavy atom. The van der Waals surface area contributed by atoms with E-state index in [2.05, 4.69) is 27.9 Å². The van der Waals surface area contributed by atoms with Gasteiger partial charge in [-0.2, -0.15) is 0 Å². The Bertz CT molecular complexity index is 328. The highest BCUT2D eigenvalue weighted by atomic mass is 79.9. The molecule has 0 unspecified atom stereocenters. The van der Waals surface area contributed by atoms with E-state index in [1.165, 1.54) is 0 Å². The van der Waals surface area contributed by atoms with Gasteiger partial charge in [-0.1, -0.05) is 15.9 Å². The lowest BCUT2D eigenvalue weighted by molar-refractivity contribution is -0.0403. The van der Waals surface area contributed by atoms with Gasteiger partial charge in [0.15, 0.2) is 0 Å². The molecule has 0 bridgehead atoms. The molecule has 16 heavy (non-hydrogen) atoms. The third kappa shape index (κ3) is 3.47. The molecule has 0 N–H and O–H groups in total. The van der Waals surface area contributed by atoms with Gasteiger partial charge in [0.05, 0.1) is 6.61 Å². The van der Waals surface area contributed by atoms with Gasteiger partial charge in [-0.25, -0.2) is 0 Å². The first kappa shape index (κ1) is 11.9. The van der Waals surface area contributed by atoms with Crippen molar-refractivity contribution in [1.82, 2.24) is 4.90 Å². The molecule has 3 nitrogen and oxygen atoms in total. The van der Waals surface area contributed by atoms with Crippen molar-refractivity contribution in [2.75, 3.05) is 33.4 Å². The Balaban J connectivity index is 1.80. The summed E-state index contributed by atoms with van der Waals surface area (Å²) >= 11 is 3.39. The fourth-order valence-corrected chi connectivity index (χ4v) is 1.95. The maximum atomic E-state index is 5.68. The summed E-state index contributed by atoms with van der Waals surface area (Å²) in [7, 11) is 2.11. The van der Waals surface area contributed by atoms with E-state index in [9.17, 15) is 0 Å². The predicted octanol–water partition coefficient (Wildman–Crippen LogP) is 2.16. The number of hydrogen-bond acceptors (Lipinski definition) is 3. The lowest BCUT2D eigenvalue weighted by Crippen LogP contribution is -2.42. The molecule has 1 saturated heterocycles. The Morgan fingerprint density at radius 2 is 2.19 bits per heavy atom. The van der Waals surface area contributed by atoms with E-state index in [1.807, 2.05) is 24.3 Å². The second-order valence-corrected chi connectivity index (χ2v) is 4.94. The largest absolute Gasteiger partial charge is 0.491 e. The zero-order valence-corrected chi connectivity index (χ0v) is 10.9. The topological polar surface area (TPSA) is 21.7 Å². The molecule has 0 radical (unpaired) electrons. The molecule has 4 heteroatoms. The second-order valence-electron chi connectivity index (χ2n) is 4.02. The van der Waals surface area contributed by atoms with Crippen LogP contribution in [0.3, 0.4) is 0 Å². The van der Waals surface area contributed by atoms with Crippen LogP contribution >= 0.6 is 15.9 Å². The maximum Gasteiger partial charge on any atom is 0.119 e. The Hall–Kier alpha value is -0.580. The van der Waals surface area contributed by atoms with Gasteiger partial charge in [-0.3, -0.25) is 0 Å². The van der Waals surface area contributed by atoms with Gasteiger partial charge >= 0.3 is 0 Å². The molecule has 0 saturated carbocycles. The van der Waals surface area contributed by atoms with Crippen LogP contribution in [0.4, 0.5) is 0 Å². The minimum Gasteiger partial charge on any atom is -0.491 e. The number of benzene rings is 1. The van der Waals surface area contributed by atoms with Gasteiger partial charge < -0.3 is 14.4 Å². The third-order valence-corrected chi connectivity index (χ3v) is 3.12. The van der Waals surface area contributed by atoms with Gasteiger partial charge in [0.2, 0.25) is 0 Å². The van der Waals surface area contributed by atoms with Crippen molar-refractivity contribution < 1.29 is 9.47 Å². The van der Waals surface area contributed by atoms with Crippen LogP contribution < -0.4 is 4.74 Å². The van der Waals surface area contributed by atoms with Crippen LogP contribution in [0.2, 0.25) is 0 Å². The van der Waals surface area contributed by atoms with Crippen molar-refractivity contribution >= 4 is 15.9 Å². The molecule has 1 aromatic rings. The van der Waals surface area contributed by atoms with Gasteiger partial charge in [0.25, 0.3) is 0 Å². The minimum atomic E-state index is 0.183. The predicted molar refractivity (Wildman–Crippen MR) is 66.9 cm³/mol. The van der Waals surface area contributed by atoms with E-state index in [0.717, 1.165) is 29.9 Å². The molecule has 1 aromatic carbocycles. The average molecular weight is 286 g/mol. The van der Waals surface area contributed by atoms with Gasteiger partial charge in [0, 0.05) is 17.6 Å². The average Bonchev–Trinajstić information content (AvgIpc) is 2.28. The molecule has 0 spiro atoms. The van der Waals surface area contributed by atoms with E-state index in [0.29, 0.717) is 6.61 Å². The monoisotopic (exact) mass is 285 g/mol. The first-order valence-electron chi connectivity index (χ1n) is 5.42. The normalized spacial score (nSPS) is 22.0. The first-order chi connectivity index (χ1) is 7.74. The van der Waals surface area contributed by atoms with Crippen molar-refractivity contribution in [3.63, 3.8) is 0 Å². The van der Waals surface area contributed by atoms with Crippen LogP contribution in [0.5, 0.6) is 5.75 Å². The van der Waals surface area contributed by atoms with Crippen LogP contribution in [0.25, 0.3) is 0 Å². The quantitative estimate of drug-likeness (QED) is 0.850. The summed E-state index contributed by atoms with van der Waals surface area (Å²) in [6, 6.07) is 7.86. The van der Waals surface area contributed by atoms with Crippen LogP contribution in [-0.2, 0) is 4.74 Å². The van der Waals surface area contributed by atoms with E-state index < -0.39 is 0 Å². The summed E-state index contributed by atoms with van der Waals surface area (Å²) in [5.41, 5.74) is 0. The Kier molecular flexibility index (Phi) is 4.21. The van der Waals surface area contributed by atoms with Gasteiger partial charge in [-0.15, -0.1) is 0 Å². The summed E-state index contributed by atoms with van der Waals surface area (Å²) < 4.78 is 12.4. The van der Waals surface area contributed by atoms with Crippen LogP contribution in [0, 0.1) is 0 Å². The van der Waals surface area contributed by atoms with Crippen LogP contribution in [0.1, 0.15) is 0 Å². The van der Waals surface area contributed by atoms with Crippen LogP contribution in [0.15, 0.2) is 28.7 Å². The SMILES string of the molecule is CN1CCO[C@H](COc2ccc(Br)cc2)C1.